The molecule has 0 amide bonds. The first-order valence-corrected chi connectivity index (χ1v) is 6.06. The average Bonchev–Trinajstić information content (AvgIpc) is 2.37. The third-order valence-corrected chi connectivity index (χ3v) is 3.91. The van der Waals surface area contributed by atoms with Crippen LogP contribution in [-0.2, 0) is 0 Å². The number of hydrogen-bond donors (Lipinski definition) is 0. The van der Waals surface area contributed by atoms with Crippen molar-refractivity contribution in [2.75, 3.05) is 11.5 Å². The lowest BCUT2D eigenvalue weighted by Gasteiger charge is -2.07. The number of hydrogen-bond acceptors (Lipinski definition) is 1. The Hall–Kier alpha value is 0.350. The molecule has 0 aliphatic heterocycles. The van der Waals surface area contributed by atoms with Crippen molar-refractivity contribution in [2.45, 2.75) is 39.5 Å². The van der Waals surface area contributed by atoms with Crippen LogP contribution in [0.15, 0.2) is 0 Å². The molecular weight excluding hydrogens is 152 g/mol. The Labute approximate surface area is 75.1 Å². The first kappa shape index (κ1) is 9.44. The Balaban J connectivity index is 1.99. The molecule has 2 atom stereocenters. The van der Waals surface area contributed by atoms with Crippen LogP contribution in [0.1, 0.15) is 39.5 Å². The summed E-state index contributed by atoms with van der Waals surface area (Å²) in [5.74, 6) is 4.87. The quantitative estimate of drug-likeness (QED) is 0.584. The fraction of sp³-hybridized carbons (Fsp3) is 1.00. The Morgan fingerprint density at radius 1 is 1.36 bits per heavy atom. The predicted octanol–water partition coefficient (Wildman–Crippen LogP) is 3.57. The van der Waals surface area contributed by atoms with Crippen molar-refractivity contribution in [1.29, 1.82) is 0 Å². The van der Waals surface area contributed by atoms with E-state index < -0.39 is 0 Å². The molecule has 0 saturated heterocycles. The van der Waals surface area contributed by atoms with Crippen molar-refractivity contribution in [3.63, 3.8) is 0 Å². The van der Waals surface area contributed by atoms with Gasteiger partial charge in [-0.1, -0.05) is 20.3 Å². The van der Waals surface area contributed by atoms with Gasteiger partial charge in [-0.15, -0.1) is 0 Å². The van der Waals surface area contributed by atoms with Gasteiger partial charge in [0.1, 0.15) is 0 Å². The highest BCUT2D eigenvalue weighted by Gasteiger charge is 2.20. The van der Waals surface area contributed by atoms with Crippen LogP contribution in [0.5, 0.6) is 0 Å². The average molecular weight is 172 g/mol. The van der Waals surface area contributed by atoms with E-state index in [1.165, 1.54) is 37.2 Å². The molecule has 1 aliphatic carbocycles. The molecule has 0 heterocycles. The van der Waals surface area contributed by atoms with Crippen molar-refractivity contribution in [3.05, 3.63) is 0 Å². The van der Waals surface area contributed by atoms with E-state index in [4.69, 9.17) is 0 Å². The minimum atomic E-state index is 1.02. The molecule has 66 valence electrons. The van der Waals surface area contributed by atoms with Gasteiger partial charge in [-0.05, 0) is 42.6 Å². The van der Waals surface area contributed by atoms with Crippen molar-refractivity contribution >= 4 is 11.8 Å². The lowest BCUT2D eigenvalue weighted by molar-refractivity contribution is 0.561. The van der Waals surface area contributed by atoms with E-state index in [-0.39, 0.29) is 0 Å². The molecule has 0 aromatic rings. The lowest BCUT2D eigenvalue weighted by atomic mass is 10.1. The Kier molecular flexibility index (Phi) is 4.36. The highest BCUT2D eigenvalue weighted by atomic mass is 32.2. The van der Waals surface area contributed by atoms with Crippen LogP contribution in [0.3, 0.4) is 0 Å². The smallest absolute Gasteiger partial charge is 0.00390 e. The van der Waals surface area contributed by atoms with Gasteiger partial charge in [0.25, 0.3) is 0 Å². The molecule has 0 aromatic heterocycles. The summed E-state index contributed by atoms with van der Waals surface area (Å²) in [6, 6.07) is 0. The maximum atomic E-state index is 2.39. The second-order valence-corrected chi connectivity index (χ2v) is 5.01. The van der Waals surface area contributed by atoms with E-state index in [1.807, 2.05) is 0 Å². The normalized spacial score (nSPS) is 31.1. The highest BCUT2D eigenvalue weighted by Crippen LogP contribution is 2.32. The van der Waals surface area contributed by atoms with Crippen LogP contribution < -0.4 is 0 Å². The highest BCUT2D eigenvalue weighted by molar-refractivity contribution is 7.99. The molecule has 1 unspecified atom stereocenters. The molecule has 0 nitrogen and oxygen atoms in total. The fourth-order valence-electron chi connectivity index (χ4n) is 1.87. The van der Waals surface area contributed by atoms with E-state index in [0.29, 0.717) is 0 Å². The van der Waals surface area contributed by atoms with Gasteiger partial charge >= 0.3 is 0 Å². The molecule has 11 heavy (non-hydrogen) atoms. The first-order chi connectivity index (χ1) is 5.33. The SMILES string of the molecule is CCCSC[C@@H]1CCC(C)C1. The summed E-state index contributed by atoms with van der Waals surface area (Å²) >= 11 is 2.15. The van der Waals surface area contributed by atoms with Gasteiger partial charge in [-0.25, -0.2) is 0 Å². The van der Waals surface area contributed by atoms with Crippen LogP contribution in [-0.4, -0.2) is 11.5 Å². The van der Waals surface area contributed by atoms with Crippen molar-refractivity contribution in [3.8, 4) is 0 Å². The molecule has 1 rings (SSSR count). The Morgan fingerprint density at radius 2 is 2.18 bits per heavy atom. The maximum Gasteiger partial charge on any atom is -0.00390 e. The van der Waals surface area contributed by atoms with E-state index in [0.717, 1.165) is 11.8 Å². The molecule has 0 aromatic carbocycles. The zero-order chi connectivity index (χ0) is 8.10. The topological polar surface area (TPSA) is 0 Å². The van der Waals surface area contributed by atoms with Gasteiger partial charge < -0.3 is 0 Å². The van der Waals surface area contributed by atoms with Gasteiger partial charge in [-0.2, -0.15) is 11.8 Å². The van der Waals surface area contributed by atoms with E-state index >= 15 is 0 Å². The Bertz CT molecular complexity index is 101. The van der Waals surface area contributed by atoms with Crippen LogP contribution >= 0.6 is 11.8 Å². The van der Waals surface area contributed by atoms with Gasteiger partial charge in [0.15, 0.2) is 0 Å². The van der Waals surface area contributed by atoms with Crippen LogP contribution in [0, 0.1) is 11.8 Å². The van der Waals surface area contributed by atoms with Gasteiger partial charge in [0, 0.05) is 0 Å². The molecule has 1 aliphatic rings. The first-order valence-electron chi connectivity index (χ1n) is 4.90. The van der Waals surface area contributed by atoms with Crippen LogP contribution in [0.4, 0.5) is 0 Å². The monoisotopic (exact) mass is 172 g/mol. The van der Waals surface area contributed by atoms with Crippen molar-refractivity contribution < 1.29 is 0 Å². The van der Waals surface area contributed by atoms with Gasteiger partial charge in [0.2, 0.25) is 0 Å². The zero-order valence-electron chi connectivity index (χ0n) is 7.81. The molecule has 0 bridgehead atoms. The van der Waals surface area contributed by atoms with E-state index in [1.54, 1.807) is 0 Å². The summed E-state index contributed by atoms with van der Waals surface area (Å²) < 4.78 is 0. The third kappa shape index (κ3) is 3.50. The second kappa shape index (κ2) is 5.08. The molecule has 0 spiro atoms. The molecule has 1 fully saturated rings. The fourth-order valence-corrected chi connectivity index (χ4v) is 2.96. The summed E-state index contributed by atoms with van der Waals surface area (Å²) in [7, 11) is 0. The summed E-state index contributed by atoms with van der Waals surface area (Å²) in [4.78, 5) is 0. The molecule has 0 N–H and O–H groups in total. The third-order valence-electron chi connectivity index (χ3n) is 2.51. The summed E-state index contributed by atoms with van der Waals surface area (Å²) in [5, 5.41) is 0. The minimum absolute atomic E-state index is 1.02. The molecular formula is C10H20S. The van der Waals surface area contributed by atoms with E-state index in [9.17, 15) is 0 Å². The number of thioether (sulfide) groups is 1. The van der Waals surface area contributed by atoms with Crippen molar-refractivity contribution in [2.24, 2.45) is 11.8 Å². The van der Waals surface area contributed by atoms with E-state index in [2.05, 4.69) is 25.6 Å². The van der Waals surface area contributed by atoms with Crippen molar-refractivity contribution in [1.82, 2.24) is 0 Å². The largest absolute Gasteiger partial charge is 0.162 e. The standard InChI is InChI=1S/C10H20S/c1-3-6-11-8-10-5-4-9(2)7-10/h9-10H,3-8H2,1-2H3/t9?,10-/m1/s1. The van der Waals surface area contributed by atoms with Gasteiger partial charge in [-0.3, -0.25) is 0 Å². The molecule has 0 radical (unpaired) electrons. The lowest BCUT2D eigenvalue weighted by Crippen LogP contribution is -1.98. The summed E-state index contributed by atoms with van der Waals surface area (Å²) in [5.41, 5.74) is 0. The maximum absolute atomic E-state index is 2.39. The van der Waals surface area contributed by atoms with Crippen LogP contribution in [0.25, 0.3) is 0 Å². The Morgan fingerprint density at radius 3 is 2.73 bits per heavy atom. The van der Waals surface area contributed by atoms with Gasteiger partial charge in [0.05, 0.1) is 0 Å². The summed E-state index contributed by atoms with van der Waals surface area (Å²) in [6.07, 6.45) is 5.82. The molecule has 1 heteroatoms. The molecule has 1 saturated carbocycles. The minimum Gasteiger partial charge on any atom is -0.162 e. The summed E-state index contributed by atoms with van der Waals surface area (Å²) in [6.45, 7) is 4.66. The second-order valence-electron chi connectivity index (χ2n) is 3.86. The predicted molar refractivity (Wildman–Crippen MR) is 54.1 cm³/mol. The zero-order valence-corrected chi connectivity index (χ0v) is 8.62. The number of rotatable bonds is 4. The van der Waals surface area contributed by atoms with Crippen LogP contribution in [0.2, 0.25) is 0 Å².